The second-order valence-corrected chi connectivity index (χ2v) is 7.13. The van der Waals surface area contributed by atoms with Crippen molar-refractivity contribution in [2.24, 2.45) is 0 Å². The number of hydrogen-bond donors (Lipinski definition) is 2. The van der Waals surface area contributed by atoms with Crippen LogP contribution >= 0.6 is 0 Å². The minimum absolute atomic E-state index is 0.254. The highest BCUT2D eigenvalue weighted by atomic mass is 16.5. The summed E-state index contributed by atoms with van der Waals surface area (Å²) in [4.78, 5) is 12.8. The van der Waals surface area contributed by atoms with Crippen LogP contribution in [0.1, 0.15) is 41.0 Å². The summed E-state index contributed by atoms with van der Waals surface area (Å²) in [6.07, 6.45) is 3.72. The van der Waals surface area contributed by atoms with Crippen LogP contribution in [0.4, 0.5) is 0 Å². The van der Waals surface area contributed by atoms with Crippen LogP contribution in [0.2, 0.25) is 0 Å². The molecule has 4 rings (SSSR count). The third-order valence-corrected chi connectivity index (χ3v) is 5.09. The lowest BCUT2D eigenvalue weighted by molar-refractivity contribution is 0.0916. The molecule has 1 aliphatic heterocycles. The molecule has 1 fully saturated rings. The van der Waals surface area contributed by atoms with E-state index in [1.807, 2.05) is 65.3 Å². The van der Waals surface area contributed by atoms with E-state index in [0.29, 0.717) is 12.3 Å². The van der Waals surface area contributed by atoms with Crippen LogP contribution in [0.25, 0.3) is 0 Å². The van der Waals surface area contributed by atoms with Crippen molar-refractivity contribution in [3.63, 3.8) is 0 Å². The van der Waals surface area contributed by atoms with Gasteiger partial charge < -0.3 is 15.4 Å². The smallest absolute Gasteiger partial charge is 0.274 e. The van der Waals surface area contributed by atoms with E-state index < -0.39 is 0 Å². The van der Waals surface area contributed by atoms with Crippen LogP contribution in [0.5, 0.6) is 5.75 Å². The van der Waals surface area contributed by atoms with Gasteiger partial charge in [-0.15, -0.1) is 5.10 Å². The Balaban J connectivity index is 1.45. The van der Waals surface area contributed by atoms with Crippen molar-refractivity contribution >= 4 is 5.91 Å². The van der Waals surface area contributed by atoms with Gasteiger partial charge in [-0.25, -0.2) is 4.68 Å². The molecule has 2 N–H and O–H groups in total. The number of nitrogens with zero attached hydrogens (tertiary/aromatic N) is 3. The summed E-state index contributed by atoms with van der Waals surface area (Å²) in [5.41, 5.74) is 1.30. The summed E-state index contributed by atoms with van der Waals surface area (Å²) in [5, 5.41) is 14.7. The molecule has 0 bridgehead atoms. The third-order valence-electron chi connectivity index (χ3n) is 5.09. The van der Waals surface area contributed by atoms with Crippen LogP contribution in [-0.4, -0.2) is 40.6 Å². The number of rotatable bonds is 7. The first kappa shape index (κ1) is 19.1. The highest BCUT2D eigenvalue weighted by Gasteiger charge is 2.21. The van der Waals surface area contributed by atoms with Gasteiger partial charge in [0.15, 0.2) is 5.69 Å². The monoisotopic (exact) mass is 391 g/mol. The normalized spacial score (nSPS) is 15.6. The molecule has 29 heavy (non-hydrogen) atoms. The molecular formula is C22H25N5O2. The van der Waals surface area contributed by atoms with Gasteiger partial charge in [-0.3, -0.25) is 4.79 Å². The molecule has 1 amide bonds. The predicted molar refractivity (Wildman–Crippen MR) is 110 cm³/mol. The van der Waals surface area contributed by atoms with Gasteiger partial charge in [0, 0.05) is 0 Å². The van der Waals surface area contributed by atoms with Gasteiger partial charge >= 0.3 is 0 Å². The fourth-order valence-electron chi connectivity index (χ4n) is 3.47. The summed E-state index contributed by atoms with van der Waals surface area (Å²) in [6, 6.07) is 19.4. The highest BCUT2D eigenvalue weighted by Crippen LogP contribution is 2.19. The molecule has 0 saturated carbocycles. The molecule has 1 aromatic heterocycles. The van der Waals surface area contributed by atoms with E-state index >= 15 is 0 Å². The number of benzene rings is 2. The molecule has 3 aromatic rings. The predicted octanol–water partition coefficient (Wildman–Crippen LogP) is 2.75. The SMILES string of the molecule is O=C(NC(COc1ccccc1)c1ccccc1)c1cn(C2CCNCC2)nn1. The highest BCUT2D eigenvalue weighted by molar-refractivity contribution is 5.92. The molecule has 2 heterocycles. The second kappa shape index (κ2) is 9.34. The number of ether oxygens (including phenoxy) is 1. The first-order valence-electron chi connectivity index (χ1n) is 9.96. The lowest BCUT2D eigenvalue weighted by Crippen LogP contribution is -2.32. The Morgan fingerprint density at radius 3 is 2.52 bits per heavy atom. The minimum Gasteiger partial charge on any atom is -0.491 e. The average Bonchev–Trinajstić information content (AvgIpc) is 3.29. The van der Waals surface area contributed by atoms with E-state index in [-0.39, 0.29) is 18.0 Å². The minimum atomic E-state index is -0.298. The lowest BCUT2D eigenvalue weighted by Gasteiger charge is -2.22. The summed E-state index contributed by atoms with van der Waals surface area (Å²) >= 11 is 0. The Morgan fingerprint density at radius 1 is 1.10 bits per heavy atom. The number of piperidine rings is 1. The van der Waals surface area contributed by atoms with E-state index in [4.69, 9.17) is 4.74 Å². The lowest BCUT2D eigenvalue weighted by atomic mass is 10.1. The second-order valence-electron chi connectivity index (χ2n) is 7.13. The zero-order chi connectivity index (χ0) is 19.9. The Labute approximate surface area is 170 Å². The quantitative estimate of drug-likeness (QED) is 0.647. The molecule has 0 radical (unpaired) electrons. The van der Waals surface area contributed by atoms with Crippen molar-refractivity contribution < 1.29 is 9.53 Å². The topological polar surface area (TPSA) is 81.1 Å². The molecule has 1 saturated heterocycles. The number of carbonyl (C=O) groups is 1. The third kappa shape index (κ3) is 5.00. The standard InChI is InChI=1S/C22H25N5O2/c28-22(20-15-27(26-25-20)18-11-13-23-14-12-18)24-21(17-7-3-1-4-8-17)16-29-19-9-5-2-6-10-19/h1-10,15,18,21,23H,11-14,16H2,(H,24,28). The number of amides is 1. The maximum Gasteiger partial charge on any atom is 0.274 e. The van der Waals surface area contributed by atoms with Crippen molar-refractivity contribution in [2.45, 2.75) is 24.9 Å². The molecule has 7 nitrogen and oxygen atoms in total. The van der Waals surface area contributed by atoms with E-state index in [0.717, 1.165) is 37.2 Å². The number of carbonyl (C=O) groups excluding carboxylic acids is 1. The van der Waals surface area contributed by atoms with Gasteiger partial charge in [0.25, 0.3) is 5.91 Å². The first-order valence-corrected chi connectivity index (χ1v) is 9.96. The summed E-state index contributed by atoms with van der Waals surface area (Å²) in [5.74, 6) is 0.509. The van der Waals surface area contributed by atoms with Crippen LogP contribution in [0.15, 0.2) is 66.9 Å². The maximum absolute atomic E-state index is 12.8. The zero-order valence-corrected chi connectivity index (χ0v) is 16.2. The van der Waals surface area contributed by atoms with Crippen LogP contribution in [-0.2, 0) is 0 Å². The molecule has 0 spiro atoms. The van der Waals surface area contributed by atoms with Crippen molar-refractivity contribution in [2.75, 3.05) is 19.7 Å². The first-order chi connectivity index (χ1) is 14.3. The number of aromatic nitrogens is 3. The Kier molecular flexibility index (Phi) is 6.16. The molecular weight excluding hydrogens is 366 g/mol. The molecule has 0 aliphatic carbocycles. The molecule has 1 unspecified atom stereocenters. The van der Waals surface area contributed by atoms with Crippen molar-refractivity contribution in [1.82, 2.24) is 25.6 Å². The Hall–Kier alpha value is -3.19. The molecule has 7 heteroatoms. The Morgan fingerprint density at radius 2 is 1.79 bits per heavy atom. The molecule has 1 atom stereocenters. The van der Waals surface area contributed by atoms with Gasteiger partial charge in [0.05, 0.1) is 18.3 Å². The van der Waals surface area contributed by atoms with Crippen molar-refractivity contribution in [1.29, 1.82) is 0 Å². The average molecular weight is 391 g/mol. The summed E-state index contributed by atoms with van der Waals surface area (Å²) in [6.45, 7) is 2.24. The number of para-hydroxylation sites is 1. The van der Waals surface area contributed by atoms with Gasteiger partial charge in [-0.1, -0.05) is 53.7 Å². The number of hydrogen-bond acceptors (Lipinski definition) is 5. The van der Waals surface area contributed by atoms with Crippen molar-refractivity contribution in [3.05, 3.63) is 78.1 Å². The van der Waals surface area contributed by atoms with Gasteiger partial charge in [0.2, 0.25) is 0 Å². The van der Waals surface area contributed by atoms with Crippen LogP contribution in [0, 0.1) is 0 Å². The molecule has 150 valence electrons. The fraction of sp³-hybridized carbons (Fsp3) is 0.318. The fourth-order valence-corrected chi connectivity index (χ4v) is 3.47. The van der Waals surface area contributed by atoms with Crippen molar-refractivity contribution in [3.8, 4) is 5.75 Å². The summed E-state index contributed by atoms with van der Waals surface area (Å²) < 4.78 is 7.71. The molecule has 2 aromatic carbocycles. The van der Waals surface area contributed by atoms with Gasteiger partial charge in [-0.05, 0) is 43.6 Å². The van der Waals surface area contributed by atoms with Crippen LogP contribution in [0.3, 0.4) is 0 Å². The van der Waals surface area contributed by atoms with E-state index in [1.165, 1.54) is 0 Å². The molecule has 1 aliphatic rings. The van der Waals surface area contributed by atoms with E-state index in [2.05, 4.69) is 20.9 Å². The van der Waals surface area contributed by atoms with E-state index in [9.17, 15) is 4.79 Å². The summed E-state index contributed by atoms with van der Waals surface area (Å²) in [7, 11) is 0. The van der Waals surface area contributed by atoms with E-state index in [1.54, 1.807) is 6.20 Å². The number of nitrogens with one attached hydrogen (secondary N) is 2. The Bertz CT molecular complexity index is 907. The largest absolute Gasteiger partial charge is 0.491 e. The zero-order valence-electron chi connectivity index (χ0n) is 16.2. The maximum atomic E-state index is 12.8. The van der Waals surface area contributed by atoms with Gasteiger partial charge in [-0.2, -0.15) is 0 Å². The van der Waals surface area contributed by atoms with Gasteiger partial charge in [0.1, 0.15) is 12.4 Å². The van der Waals surface area contributed by atoms with Crippen LogP contribution < -0.4 is 15.4 Å².